The van der Waals surface area contributed by atoms with E-state index in [1.807, 2.05) is 18.0 Å². The van der Waals surface area contributed by atoms with Crippen LogP contribution in [-0.4, -0.2) is 33.0 Å². The second-order valence-corrected chi connectivity index (χ2v) is 6.02. The first-order chi connectivity index (χ1) is 8.63. The number of imidazole rings is 1. The third kappa shape index (κ3) is 2.74. The highest BCUT2D eigenvalue weighted by molar-refractivity contribution is 7.19. The number of aromatic nitrogens is 2. The largest absolute Gasteiger partial charge is 0.344 e. The van der Waals surface area contributed by atoms with E-state index in [9.17, 15) is 4.79 Å². The number of amides is 1. The molecule has 18 heavy (non-hydrogen) atoms. The lowest BCUT2D eigenvalue weighted by molar-refractivity contribution is -0.131. The highest BCUT2D eigenvalue weighted by atomic mass is 31.0. The summed E-state index contributed by atoms with van der Waals surface area (Å²) in [5.41, 5.74) is 1.15. The van der Waals surface area contributed by atoms with Gasteiger partial charge in [0.05, 0.1) is 6.04 Å². The van der Waals surface area contributed by atoms with Crippen LogP contribution in [0.15, 0.2) is 6.20 Å². The van der Waals surface area contributed by atoms with Gasteiger partial charge in [-0.15, -0.1) is 9.24 Å². The number of hydrogen-bond acceptors (Lipinski definition) is 2. The van der Waals surface area contributed by atoms with Gasteiger partial charge >= 0.3 is 0 Å². The van der Waals surface area contributed by atoms with Crippen molar-refractivity contribution in [2.75, 3.05) is 6.54 Å². The summed E-state index contributed by atoms with van der Waals surface area (Å²) in [6.07, 6.45) is 6.12. The minimum atomic E-state index is -0.0179. The van der Waals surface area contributed by atoms with Crippen molar-refractivity contribution >= 4 is 15.1 Å². The van der Waals surface area contributed by atoms with Gasteiger partial charge in [-0.25, -0.2) is 4.98 Å². The van der Waals surface area contributed by atoms with E-state index in [0.717, 1.165) is 38.1 Å². The Bertz CT molecular complexity index is 416. The van der Waals surface area contributed by atoms with Crippen LogP contribution in [0.3, 0.4) is 0 Å². The van der Waals surface area contributed by atoms with Crippen LogP contribution in [0.4, 0.5) is 0 Å². The van der Waals surface area contributed by atoms with Crippen molar-refractivity contribution in [2.24, 2.45) is 0 Å². The zero-order chi connectivity index (χ0) is 13.1. The number of nitrogens with zero attached hydrogens (tertiary/aromatic N) is 2. The molecule has 1 aliphatic rings. The maximum atomic E-state index is 12.1. The minimum Gasteiger partial charge on any atom is -0.344 e. The van der Waals surface area contributed by atoms with E-state index in [1.54, 1.807) is 0 Å². The van der Waals surface area contributed by atoms with Crippen LogP contribution in [0, 0.1) is 0 Å². The Morgan fingerprint density at radius 2 is 2.50 bits per heavy atom. The van der Waals surface area contributed by atoms with Crippen LogP contribution < -0.4 is 0 Å². The summed E-state index contributed by atoms with van der Waals surface area (Å²) in [6.45, 7) is 4.93. The summed E-state index contributed by atoms with van der Waals surface area (Å²) in [7, 11) is 2.58. The third-order valence-electron chi connectivity index (χ3n) is 3.41. The molecular weight excluding hydrogens is 245 g/mol. The molecule has 1 aromatic heterocycles. The van der Waals surface area contributed by atoms with Crippen LogP contribution in [0.1, 0.15) is 50.7 Å². The number of aromatic amines is 1. The normalized spacial score (nSPS) is 21.3. The molecule has 2 rings (SSSR count). The lowest BCUT2D eigenvalue weighted by Gasteiger charge is -2.24. The first-order valence-electron chi connectivity index (χ1n) is 6.73. The highest BCUT2D eigenvalue weighted by Gasteiger charge is 2.32. The predicted molar refractivity (Wildman–Crippen MR) is 75.4 cm³/mol. The van der Waals surface area contributed by atoms with E-state index < -0.39 is 0 Å². The molecule has 0 spiro atoms. The molecule has 1 N–H and O–H groups in total. The lowest BCUT2D eigenvalue weighted by atomic mass is 10.2. The second-order valence-electron chi connectivity index (χ2n) is 5.02. The Balaban J connectivity index is 2.12. The molecule has 1 aromatic rings. The number of carbonyl (C=O) groups excluding carboxylic acids is 1. The third-order valence-corrected chi connectivity index (χ3v) is 3.69. The molecule has 1 aliphatic heterocycles. The van der Waals surface area contributed by atoms with E-state index >= 15 is 0 Å². The number of carbonyl (C=O) groups is 1. The Morgan fingerprint density at radius 1 is 1.72 bits per heavy atom. The first-order valence-corrected chi connectivity index (χ1v) is 7.40. The monoisotopic (exact) mass is 267 g/mol. The van der Waals surface area contributed by atoms with Crippen molar-refractivity contribution in [3.63, 3.8) is 0 Å². The minimum absolute atomic E-state index is 0.0179. The smallest absolute Gasteiger partial charge is 0.229 e. The van der Waals surface area contributed by atoms with E-state index in [2.05, 4.69) is 26.1 Å². The molecular formula is C13H22N3OP. The van der Waals surface area contributed by atoms with E-state index in [4.69, 9.17) is 0 Å². The van der Waals surface area contributed by atoms with Gasteiger partial charge in [0.15, 0.2) is 0 Å². The molecule has 1 amide bonds. The topological polar surface area (TPSA) is 49.0 Å². The number of rotatable bonds is 4. The number of hydrogen-bond donors (Lipinski definition) is 1. The molecule has 4 nitrogen and oxygen atoms in total. The van der Waals surface area contributed by atoms with E-state index in [0.29, 0.717) is 0 Å². The lowest BCUT2D eigenvalue weighted by Crippen LogP contribution is -2.35. The fourth-order valence-corrected chi connectivity index (χ4v) is 2.71. The summed E-state index contributed by atoms with van der Waals surface area (Å²) in [5.74, 6) is 1.16. The Labute approximate surface area is 111 Å². The summed E-state index contributed by atoms with van der Waals surface area (Å²) in [5, 5.41) is 0. The van der Waals surface area contributed by atoms with Gasteiger partial charge in [-0.05, 0) is 19.3 Å². The van der Waals surface area contributed by atoms with Crippen LogP contribution in [0.2, 0.25) is 0 Å². The summed E-state index contributed by atoms with van der Waals surface area (Å²) >= 11 is 0. The zero-order valence-electron chi connectivity index (χ0n) is 11.1. The predicted octanol–water partition coefficient (Wildman–Crippen LogP) is 2.29. The van der Waals surface area contributed by atoms with Crippen molar-refractivity contribution in [3.05, 3.63) is 17.7 Å². The van der Waals surface area contributed by atoms with Gasteiger partial charge in [0, 0.05) is 24.1 Å². The molecule has 0 radical (unpaired) electrons. The molecule has 1 fully saturated rings. The van der Waals surface area contributed by atoms with Gasteiger partial charge in [-0.1, -0.05) is 20.3 Å². The first kappa shape index (κ1) is 13.5. The van der Waals surface area contributed by atoms with Gasteiger partial charge in [-0.2, -0.15) is 0 Å². The average Bonchev–Trinajstić information content (AvgIpc) is 2.95. The maximum Gasteiger partial charge on any atom is 0.229 e. The van der Waals surface area contributed by atoms with Crippen molar-refractivity contribution in [2.45, 2.75) is 51.2 Å². The van der Waals surface area contributed by atoms with Crippen molar-refractivity contribution in [1.29, 1.82) is 0 Å². The molecule has 2 heterocycles. The molecule has 0 aromatic carbocycles. The zero-order valence-corrected chi connectivity index (χ0v) is 12.3. The van der Waals surface area contributed by atoms with Crippen LogP contribution in [-0.2, 0) is 11.2 Å². The van der Waals surface area contributed by atoms with Crippen molar-refractivity contribution < 1.29 is 4.79 Å². The second kappa shape index (κ2) is 5.83. The summed E-state index contributed by atoms with van der Waals surface area (Å²) in [4.78, 5) is 21.9. The summed E-state index contributed by atoms with van der Waals surface area (Å²) in [6, 6.07) is 0.145. The van der Waals surface area contributed by atoms with Crippen LogP contribution >= 0.6 is 9.24 Å². The molecule has 3 atom stereocenters. The highest BCUT2D eigenvalue weighted by Crippen LogP contribution is 2.31. The fourth-order valence-electron chi connectivity index (χ4n) is 2.52. The van der Waals surface area contributed by atoms with E-state index in [1.165, 1.54) is 5.69 Å². The molecule has 0 saturated carbocycles. The van der Waals surface area contributed by atoms with Crippen LogP contribution in [0.5, 0.6) is 0 Å². The van der Waals surface area contributed by atoms with Crippen LogP contribution in [0.25, 0.3) is 0 Å². The summed E-state index contributed by atoms with van der Waals surface area (Å²) < 4.78 is 0. The SMILES string of the molecule is CCCc1cnc(C2CCCN2C(=O)C(C)P)[nH]1. The number of H-pyrrole nitrogens is 1. The molecule has 0 aliphatic carbocycles. The average molecular weight is 267 g/mol. The molecule has 1 saturated heterocycles. The van der Waals surface area contributed by atoms with E-state index in [-0.39, 0.29) is 17.6 Å². The van der Waals surface area contributed by atoms with Gasteiger partial charge in [0.1, 0.15) is 5.82 Å². The molecule has 3 unspecified atom stereocenters. The molecule has 0 bridgehead atoms. The molecule has 100 valence electrons. The Morgan fingerprint density at radius 3 is 3.17 bits per heavy atom. The number of likely N-dealkylation sites (tertiary alicyclic amines) is 1. The Hall–Kier alpha value is -0.890. The number of aryl methyl sites for hydroxylation is 1. The quantitative estimate of drug-likeness (QED) is 0.851. The number of nitrogens with one attached hydrogen (secondary N) is 1. The fraction of sp³-hybridized carbons (Fsp3) is 0.692. The standard InChI is InChI=1S/C13H22N3OP/c1-3-5-10-8-14-12(15-10)11-6-4-7-16(11)13(17)9(2)18/h8-9,11H,3-7,18H2,1-2H3,(H,14,15). The van der Waals surface area contributed by atoms with Gasteiger partial charge in [0.25, 0.3) is 0 Å². The van der Waals surface area contributed by atoms with Crippen molar-refractivity contribution in [1.82, 2.24) is 14.9 Å². The van der Waals surface area contributed by atoms with Gasteiger partial charge in [0.2, 0.25) is 5.91 Å². The van der Waals surface area contributed by atoms with Gasteiger partial charge in [-0.3, -0.25) is 4.79 Å². The van der Waals surface area contributed by atoms with Gasteiger partial charge < -0.3 is 9.88 Å². The Kier molecular flexibility index (Phi) is 4.39. The maximum absolute atomic E-state index is 12.1. The molecule has 5 heteroatoms. The van der Waals surface area contributed by atoms with Crippen molar-refractivity contribution in [3.8, 4) is 0 Å².